The molecule has 0 aliphatic carbocycles. The Kier molecular flexibility index (Phi) is 8.59. The number of esters is 1. The Morgan fingerprint density at radius 1 is 1.03 bits per heavy atom. The first-order chi connectivity index (χ1) is 14.2. The molecule has 0 fully saturated rings. The van der Waals surface area contributed by atoms with Crippen molar-refractivity contribution in [1.82, 2.24) is 0 Å². The molecule has 0 bridgehead atoms. The summed E-state index contributed by atoms with van der Waals surface area (Å²) in [7, 11) is -1.37. The zero-order valence-electron chi connectivity index (χ0n) is 18.7. The third-order valence-electron chi connectivity index (χ3n) is 5.22. The number of aliphatic hydroxyl groups is 1. The van der Waals surface area contributed by atoms with Crippen molar-refractivity contribution in [3.63, 3.8) is 0 Å². The molecule has 2 aromatic rings. The van der Waals surface area contributed by atoms with E-state index < -0.39 is 20.4 Å². The molecule has 0 aliphatic heterocycles. The van der Waals surface area contributed by atoms with Crippen LogP contribution in [-0.4, -0.2) is 38.7 Å². The van der Waals surface area contributed by atoms with E-state index in [1.165, 1.54) is 23.6 Å². The number of carbonyl (C=O) groups excluding carboxylic acids is 1. The SMILES string of the molecule is COC(=O)/C=C/C[C@@H](C[C@@H](C)O)O[Si](c1ccccc1)(c1ccccc1)C(C)(C)C. The van der Waals surface area contributed by atoms with Crippen LogP contribution in [0.5, 0.6) is 0 Å². The second-order valence-corrected chi connectivity index (χ2v) is 12.9. The highest BCUT2D eigenvalue weighted by atomic mass is 28.4. The lowest BCUT2D eigenvalue weighted by atomic mass is 10.1. The van der Waals surface area contributed by atoms with Crippen molar-refractivity contribution in [2.45, 2.75) is 57.8 Å². The summed E-state index contributed by atoms with van der Waals surface area (Å²) in [5.74, 6) is -0.392. The maximum atomic E-state index is 11.5. The van der Waals surface area contributed by atoms with Crippen LogP contribution in [0.4, 0.5) is 0 Å². The lowest BCUT2D eigenvalue weighted by Crippen LogP contribution is -2.67. The fourth-order valence-electron chi connectivity index (χ4n) is 3.90. The van der Waals surface area contributed by atoms with Crippen LogP contribution in [0.3, 0.4) is 0 Å². The molecule has 0 saturated heterocycles. The summed E-state index contributed by atoms with van der Waals surface area (Å²) < 4.78 is 11.8. The largest absolute Gasteiger partial charge is 0.466 e. The molecule has 4 nitrogen and oxygen atoms in total. The van der Waals surface area contributed by atoms with Crippen molar-refractivity contribution in [2.75, 3.05) is 7.11 Å². The first kappa shape index (κ1) is 24.1. The zero-order valence-corrected chi connectivity index (χ0v) is 19.7. The molecule has 0 amide bonds. The van der Waals surface area contributed by atoms with Gasteiger partial charge in [0, 0.05) is 6.08 Å². The van der Waals surface area contributed by atoms with Gasteiger partial charge in [-0.3, -0.25) is 0 Å². The van der Waals surface area contributed by atoms with Gasteiger partial charge in [0.2, 0.25) is 0 Å². The van der Waals surface area contributed by atoms with Gasteiger partial charge < -0.3 is 14.3 Å². The summed E-state index contributed by atoms with van der Waals surface area (Å²) in [5.41, 5.74) is 0. The van der Waals surface area contributed by atoms with Gasteiger partial charge in [0.1, 0.15) is 0 Å². The van der Waals surface area contributed by atoms with Gasteiger partial charge in [0.05, 0.1) is 19.3 Å². The Hall–Kier alpha value is -2.21. The number of aliphatic hydroxyl groups excluding tert-OH is 1. The van der Waals surface area contributed by atoms with Gasteiger partial charge in [0.15, 0.2) is 0 Å². The lowest BCUT2D eigenvalue weighted by molar-refractivity contribution is -0.134. The van der Waals surface area contributed by atoms with Crippen molar-refractivity contribution in [3.05, 3.63) is 72.8 Å². The predicted molar refractivity (Wildman–Crippen MR) is 125 cm³/mol. The van der Waals surface area contributed by atoms with Crippen molar-refractivity contribution in [1.29, 1.82) is 0 Å². The summed E-state index contributed by atoms with van der Waals surface area (Å²) in [6, 6.07) is 20.8. The normalized spacial score (nSPS) is 14.5. The Bertz CT molecular complexity index is 771. The number of hydrogen-bond acceptors (Lipinski definition) is 4. The topological polar surface area (TPSA) is 55.8 Å². The first-order valence-electron chi connectivity index (χ1n) is 10.4. The molecule has 0 aromatic heterocycles. The molecule has 0 heterocycles. The second kappa shape index (κ2) is 10.7. The van der Waals surface area contributed by atoms with Crippen molar-refractivity contribution < 1.29 is 19.1 Å². The molecule has 30 heavy (non-hydrogen) atoms. The highest BCUT2D eigenvalue weighted by Crippen LogP contribution is 2.38. The molecule has 1 N–H and O–H groups in total. The van der Waals surface area contributed by atoms with Gasteiger partial charge >= 0.3 is 5.97 Å². The number of methoxy groups -OCH3 is 1. The van der Waals surface area contributed by atoms with Gasteiger partial charge in [-0.1, -0.05) is 87.5 Å². The van der Waals surface area contributed by atoms with Gasteiger partial charge in [-0.2, -0.15) is 0 Å². The minimum absolute atomic E-state index is 0.154. The van der Waals surface area contributed by atoms with E-state index >= 15 is 0 Å². The second-order valence-electron chi connectivity index (χ2n) is 8.65. The molecule has 2 atom stereocenters. The molecule has 162 valence electrons. The highest BCUT2D eigenvalue weighted by molar-refractivity contribution is 6.99. The zero-order chi connectivity index (χ0) is 22.2. The fraction of sp³-hybridized carbons (Fsp3) is 0.400. The molecular formula is C25H34O4Si. The maximum Gasteiger partial charge on any atom is 0.330 e. The predicted octanol–water partition coefficient (Wildman–Crippen LogP) is 3.82. The van der Waals surface area contributed by atoms with E-state index in [2.05, 4.69) is 69.3 Å². The van der Waals surface area contributed by atoms with Gasteiger partial charge in [-0.15, -0.1) is 0 Å². The van der Waals surface area contributed by atoms with Gasteiger partial charge in [-0.05, 0) is 35.2 Å². The number of carbonyl (C=O) groups is 1. The summed E-state index contributed by atoms with van der Waals surface area (Å²) >= 11 is 0. The van der Waals surface area contributed by atoms with E-state index in [0.29, 0.717) is 12.8 Å². The third-order valence-corrected chi connectivity index (χ3v) is 10.3. The van der Waals surface area contributed by atoms with Crippen LogP contribution >= 0.6 is 0 Å². The quantitative estimate of drug-likeness (QED) is 0.376. The highest BCUT2D eigenvalue weighted by Gasteiger charge is 2.51. The lowest BCUT2D eigenvalue weighted by Gasteiger charge is -2.45. The van der Waals surface area contributed by atoms with Crippen molar-refractivity contribution in [2.24, 2.45) is 0 Å². The van der Waals surface area contributed by atoms with E-state index in [-0.39, 0.29) is 11.1 Å². The van der Waals surface area contributed by atoms with Crippen LogP contribution in [0.15, 0.2) is 72.8 Å². The molecule has 2 aromatic carbocycles. The third kappa shape index (κ3) is 5.91. The molecule has 0 spiro atoms. The number of rotatable bonds is 9. The maximum absolute atomic E-state index is 11.5. The minimum Gasteiger partial charge on any atom is -0.466 e. The number of benzene rings is 2. The molecule has 0 aliphatic rings. The van der Waals surface area contributed by atoms with E-state index in [9.17, 15) is 9.90 Å². The first-order valence-corrected chi connectivity index (χ1v) is 12.3. The van der Waals surface area contributed by atoms with Crippen LogP contribution in [0.2, 0.25) is 5.04 Å². The van der Waals surface area contributed by atoms with Crippen LogP contribution in [0, 0.1) is 0 Å². The standard InChI is InChI=1S/C25H34O4Si/c1-20(26)19-21(13-12-18-24(27)28-5)29-30(25(2,3)4,22-14-8-6-9-15-22)23-16-10-7-11-17-23/h6-12,14-18,20-21,26H,13,19H2,1-5H3/b18-12+/t20-,21+/m1/s1. The van der Waals surface area contributed by atoms with Crippen LogP contribution in [-0.2, 0) is 14.0 Å². The van der Waals surface area contributed by atoms with E-state index in [0.717, 1.165) is 0 Å². The molecule has 5 heteroatoms. The number of ether oxygens (including phenoxy) is 1. The molecule has 0 radical (unpaired) electrons. The Morgan fingerprint density at radius 3 is 1.93 bits per heavy atom. The Labute approximate surface area is 181 Å². The van der Waals surface area contributed by atoms with E-state index in [1.54, 1.807) is 13.0 Å². The fourth-order valence-corrected chi connectivity index (χ4v) is 8.61. The smallest absolute Gasteiger partial charge is 0.330 e. The Morgan fingerprint density at radius 2 is 1.53 bits per heavy atom. The molecular weight excluding hydrogens is 392 g/mol. The van der Waals surface area contributed by atoms with E-state index in [4.69, 9.17) is 9.16 Å². The summed E-state index contributed by atoms with van der Waals surface area (Å²) in [6.07, 6.45) is 3.44. The average molecular weight is 427 g/mol. The molecule has 0 unspecified atom stereocenters. The van der Waals surface area contributed by atoms with Gasteiger partial charge in [-0.25, -0.2) is 4.79 Å². The summed E-state index contributed by atoms with van der Waals surface area (Å²) in [6.45, 7) is 8.45. The van der Waals surface area contributed by atoms with Crippen LogP contribution in [0.1, 0.15) is 40.5 Å². The number of hydrogen-bond donors (Lipinski definition) is 1. The Balaban J connectivity index is 2.56. The minimum atomic E-state index is -2.73. The van der Waals surface area contributed by atoms with Crippen molar-refractivity contribution >= 4 is 24.7 Å². The summed E-state index contributed by atoms with van der Waals surface area (Å²) in [4.78, 5) is 11.5. The van der Waals surface area contributed by atoms with E-state index in [1.807, 2.05) is 12.1 Å². The van der Waals surface area contributed by atoms with Gasteiger partial charge in [0.25, 0.3) is 8.32 Å². The average Bonchev–Trinajstić information content (AvgIpc) is 2.71. The molecule has 0 saturated carbocycles. The monoisotopic (exact) mass is 426 g/mol. The van der Waals surface area contributed by atoms with Crippen molar-refractivity contribution in [3.8, 4) is 0 Å². The van der Waals surface area contributed by atoms with Crippen LogP contribution in [0.25, 0.3) is 0 Å². The molecule has 2 rings (SSSR count). The van der Waals surface area contributed by atoms with Crippen LogP contribution < -0.4 is 10.4 Å². The summed E-state index contributed by atoms with van der Waals surface area (Å²) in [5, 5.41) is 12.4.